The minimum Gasteiger partial charge on any atom is -0.398 e. The topological polar surface area (TPSA) is 30.9 Å². The standard InChI is InChI=1S/C31H22N2S/c32-25-14-8-17-28(33-26-15-4-1-10-21(26)22-11-2-5-16-27(22)33)31(25)24-13-7-9-20-19-34-29-18-6-3-12-23(29)30(20)24/h1-18H,19,32H2. The van der Waals surface area contributed by atoms with Crippen LogP contribution in [0, 0.1) is 0 Å². The van der Waals surface area contributed by atoms with E-state index in [2.05, 4.69) is 108 Å². The number of thioether (sulfide) groups is 1. The Morgan fingerprint density at radius 2 is 1.24 bits per heavy atom. The minimum absolute atomic E-state index is 0.795. The number of benzene rings is 5. The van der Waals surface area contributed by atoms with Crippen LogP contribution in [0.2, 0.25) is 0 Å². The number of aromatic nitrogens is 1. The van der Waals surface area contributed by atoms with Crippen molar-refractivity contribution in [2.45, 2.75) is 10.6 Å². The summed E-state index contributed by atoms with van der Waals surface area (Å²) in [7, 11) is 0. The summed E-state index contributed by atoms with van der Waals surface area (Å²) >= 11 is 1.91. The van der Waals surface area contributed by atoms with Gasteiger partial charge >= 0.3 is 0 Å². The molecule has 0 atom stereocenters. The number of nitrogen functional groups attached to an aromatic ring is 1. The summed E-state index contributed by atoms with van der Waals surface area (Å²) in [5.74, 6) is 0.970. The van der Waals surface area contributed by atoms with Gasteiger partial charge in [-0.25, -0.2) is 0 Å². The highest BCUT2D eigenvalue weighted by atomic mass is 32.2. The number of para-hydroxylation sites is 2. The van der Waals surface area contributed by atoms with Crippen LogP contribution in [0.1, 0.15) is 5.56 Å². The molecule has 0 bridgehead atoms. The Kier molecular flexibility index (Phi) is 4.33. The lowest BCUT2D eigenvalue weighted by Gasteiger charge is -2.24. The molecule has 0 fully saturated rings. The highest BCUT2D eigenvalue weighted by molar-refractivity contribution is 7.98. The fraction of sp³-hybridized carbons (Fsp3) is 0.0323. The van der Waals surface area contributed by atoms with Crippen LogP contribution in [0.25, 0.3) is 49.7 Å². The molecule has 34 heavy (non-hydrogen) atoms. The lowest BCUT2D eigenvalue weighted by molar-refractivity contribution is 1.18. The number of nitrogens with zero attached hydrogens (tertiary/aromatic N) is 1. The van der Waals surface area contributed by atoms with Crippen LogP contribution in [0.15, 0.2) is 114 Å². The second-order valence-corrected chi connectivity index (χ2v) is 9.75. The van der Waals surface area contributed by atoms with Crippen molar-refractivity contribution in [1.29, 1.82) is 0 Å². The van der Waals surface area contributed by atoms with Crippen LogP contribution in [0.5, 0.6) is 0 Å². The van der Waals surface area contributed by atoms with E-state index in [0.717, 1.165) is 22.7 Å². The quantitative estimate of drug-likeness (QED) is 0.267. The Morgan fingerprint density at radius 3 is 2.03 bits per heavy atom. The van der Waals surface area contributed by atoms with Crippen LogP contribution in [-0.2, 0) is 5.75 Å². The van der Waals surface area contributed by atoms with Crippen molar-refractivity contribution < 1.29 is 0 Å². The van der Waals surface area contributed by atoms with Gasteiger partial charge in [0.15, 0.2) is 0 Å². The van der Waals surface area contributed by atoms with Crippen LogP contribution < -0.4 is 5.73 Å². The van der Waals surface area contributed by atoms with Gasteiger partial charge in [0.25, 0.3) is 0 Å². The second kappa shape index (κ2) is 7.54. The number of nitrogens with two attached hydrogens (primary N) is 1. The zero-order chi connectivity index (χ0) is 22.6. The van der Waals surface area contributed by atoms with Gasteiger partial charge in [0.2, 0.25) is 0 Å². The van der Waals surface area contributed by atoms with Crippen molar-refractivity contribution in [2.75, 3.05) is 5.73 Å². The highest BCUT2D eigenvalue weighted by Gasteiger charge is 2.24. The molecule has 5 aromatic carbocycles. The molecule has 6 aromatic rings. The van der Waals surface area contributed by atoms with E-state index in [9.17, 15) is 0 Å². The van der Waals surface area contributed by atoms with Crippen LogP contribution in [0.3, 0.4) is 0 Å². The molecule has 2 N–H and O–H groups in total. The largest absolute Gasteiger partial charge is 0.398 e. The predicted molar refractivity (Wildman–Crippen MR) is 146 cm³/mol. The molecule has 0 saturated carbocycles. The molecule has 3 heteroatoms. The van der Waals surface area contributed by atoms with E-state index >= 15 is 0 Å². The molecule has 0 aliphatic carbocycles. The zero-order valence-electron chi connectivity index (χ0n) is 18.5. The summed E-state index contributed by atoms with van der Waals surface area (Å²) in [5, 5.41) is 2.51. The molecule has 2 heterocycles. The molecule has 162 valence electrons. The van der Waals surface area contributed by atoms with Crippen molar-refractivity contribution in [3.63, 3.8) is 0 Å². The molecular formula is C31H22N2S. The Labute approximate surface area is 202 Å². The van der Waals surface area contributed by atoms with E-state index < -0.39 is 0 Å². The van der Waals surface area contributed by atoms with Gasteiger partial charge in [-0.1, -0.05) is 78.9 Å². The Balaban J connectivity index is 1.60. The summed E-state index contributed by atoms with van der Waals surface area (Å²) in [5.41, 5.74) is 17.3. The zero-order valence-corrected chi connectivity index (χ0v) is 19.3. The molecule has 1 aliphatic heterocycles. The van der Waals surface area contributed by atoms with Crippen molar-refractivity contribution >= 4 is 39.3 Å². The summed E-state index contributed by atoms with van der Waals surface area (Å²) < 4.78 is 2.37. The highest BCUT2D eigenvalue weighted by Crippen LogP contribution is 2.48. The molecule has 7 rings (SSSR count). The average molecular weight is 455 g/mol. The number of rotatable bonds is 2. The van der Waals surface area contributed by atoms with E-state index in [0.29, 0.717) is 0 Å². The van der Waals surface area contributed by atoms with Gasteiger partial charge < -0.3 is 10.3 Å². The second-order valence-electron chi connectivity index (χ2n) is 8.74. The molecule has 0 spiro atoms. The fourth-order valence-electron chi connectivity index (χ4n) is 5.42. The predicted octanol–water partition coefficient (Wildman–Crippen LogP) is 8.31. The third-order valence-corrected chi connectivity index (χ3v) is 7.98. The van der Waals surface area contributed by atoms with E-state index in [1.54, 1.807) is 0 Å². The molecule has 0 amide bonds. The molecule has 2 nitrogen and oxygen atoms in total. The third-order valence-electron chi connectivity index (χ3n) is 6.86. The van der Waals surface area contributed by atoms with Crippen LogP contribution in [-0.4, -0.2) is 4.57 Å². The number of anilines is 1. The molecule has 0 saturated heterocycles. The van der Waals surface area contributed by atoms with Gasteiger partial charge in [-0.3, -0.25) is 0 Å². The molecular weight excluding hydrogens is 432 g/mol. The van der Waals surface area contributed by atoms with Crippen LogP contribution >= 0.6 is 11.8 Å². The summed E-state index contributed by atoms with van der Waals surface area (Å²) in [6.07, 6.45) is 0. The lowest BCUT2D eigenvalue weighted by Crippen LogP contribution is -2.04. The number of hydrogen-bond donors (Lipinski definition) is 1. The van der Waals surface area contributed by atoms with E-state index in [1.807, 2.05) is 17.8 Å². The summed E-state index contributed by atoms with van der Waals surface area (Å²) in [6.45, 7) is 0. The van der Waals surface area contributed by atoms with Crippen molar-refractivity contribution in [2.24, 2.45) is 0 Å². The molecule has 1 aliphatic rings. The van der Waals surface area contributed by atoms with Gasteiger partial charge in [0.05, 0.1) is 16.7 Å². The van der Waals surface area contributed by atoms with Gasteiger partial charge in [-0.2, -0.15) is 0 Å². The summed E-state index contributed by atoms with van der Waals surface area (Å²) in [6, 6.07) is 38.9. The normalized spacial score (nSPS) is 12.6. The first kappa shape index (κ1) is 19.5. The number of fused-ring (bicyclic) bond motifs is 6. The van der Waals surface area contributed by atoms with Gasteiger partial charge in [0, 0.05) is 32.7 Å². The Morgan fingerprint density at radius 1 is 0.588 bits per heavy atom. The van der Waals surface area contributed by atoms with E-state index in [4.69, 9.17) is 5.73 Å². The third kappa shape index (κ3) is 2.77. The minimum atomic E-state index is 0.795. The Hall–Kier alpha value is -3.95. The van der Waals surface area contributed by atoms with Crippen molar-refractivity contribution in [1.82, 2.24) is 4.57 Å². The van der Waals surface area contributed by atoms with E-state index in [1.165, 1.54) is 49.0 Å². The Bertz CT molecular complexity index is 1670. The first-order valence-corrected chi connectivity index (χ1v) is 12.5. The smallest absolute Gasteiger partial charge is 0.0561 e. The fourth-order valence-corrected chi connectivity index (χ4v) is 6.47. The molecule has 1 aromatic heterocycles. The first-order chi connectivity index (χ1) is 16.8. The monoisotopic (exact) mass is 454 g/mol. The van der Waals surface area contributed by atoms with Gasteiger partial charge in [-0.15, -0.1) is 11.8 Å². The summed E-state index contributed by atoms with van der Waals surface area (Å²) in [4.78, 5) is 1.33. The SMILES string of the molecule is Nc1cccc(-n2c3ccccc3c3ccccc32)c1-c1cccc2c1-c1ccccc1SC2. The maximum Gasteiger partial charge on any atom is 0.0561 e. The maximum absolute atomic E-state index is 6.78. The van der Waals surface area contributed by atoms with Crippen LogP contribution in [0.4, 0.5) is 5.69 Å². The van der Waals surface area contributed by atoms with Crippen molar-refractivity contribution in [3.8, 4) is 27.9 Å². The van der Waals surface area contributed by atoms with Gasteiger partial charge in [0.1, 0.15) is 0 Å². The van der Waals surface area contributed by atoms with Gasteiger partial charge in [-0.05, 0) is 52.6 Å². The average Bonchev–Trinajstić information content (AvgIpc) is 3.22. The maximum atomic E-state index is 6.78. The van der Waals surface area contributed by atoms with E-state index in [-0.39, 0.29) is 0 Å². The van der Waals surface area contributed by atoms with Crippen molar-refractivity contribution in [3.05, 3.63) is 115 Å². The lowest BCUT2D eigenvalue weighted by atomic mass is 9.89. The molecule has 0 radical (unpaired) electrons. The number of hydrogen-bond acceptors (Lipinski definition) is 2. The first-order valence-electron chi connectivity index (χ1n) is 11.5. The molecule has 0 unspecified atom stereocenters.